The minimum absolute atomic E-state index is 0.126. The van der Waals surface area contributed by atoms with Crippen molar-refractivity contribution in [3.63, 3.8) is 0 Å². The van der Waals surface area contributed by atoms with Crippen molar-refractivity contribution in [3.05, 3.63) is 46.4 Å². The number of nitrogens with zero attached hydrogens (tertiary/aromatic N) is 3. The summed E-state index contributed by atoms with van der Waals surface area (Å²) in [5, 5.41) is 0. The van der Waals surface area contributed by atoms with Gasteiger partial charge in [-0.2, -0.15) is 0 Å². The van der Waals surface area contributed by atoms with Crippen molar-refractivity contribution in [1.82, 2.24) is 14.5 Å². The van der Waals surface area contributed by atoms with Crippen molar-refractivity contribution in [1.29, 1.82) is 0 Å². The van der Waals surface area contributed by atoms with E-state index >= 15 is 0 Å². The lowest BCUT2D eigenvalue weighted by molar-refractivity contribution is -0.118. The number of Topliss-reactive ketones (excluding diaryl/α,β-unsaturated/α-hetero) is 1. The number of hydrogen-bond donors (Lipinski definition) is 1. The van der Waals surface area contributed by atoms with E-state index in [0.29, 0.717) is 24.3 Å². The van der Waals surface area contributed by atoms with Crippen LogP contribution in [-0.2, 0) is 24.7 Å². The molecular weight excluding hydrogens is 352 g/mol. The maximum atomic E-state index is 13.2. The number of aromatic nitrogens is 3. The number of carbonyl (C=O) groups excluding carboxylic acids is 1. The fourth-order valence-corrected chi connectivity index (χ4v) is 4.99. The van der Waals surface area contributed by atoms with Crippen molar-refractivity contribution in [2.45, 2.75) is 58.3 Å². The first-order chi connectivity index (χ1) is 13.4. The first-order valence-corrected chi connectivity index (χ1v) is 10.1. The van der Waals surface area contributed by atoms with Gasteiger partial charge in [-0.15, -0.1) is 0 Å². The Morgan fingerprint density at radius 3 is 2.79 bits per heavy atom. The van der Waals surface area contributed by atoms with Crippen molar-refractivity contribution >= 4 is 11.5 Å². The lowest BCUT2D eigenvalue weighted by Gasteiger charge is -2.38. The quantitative estimate of drug-likeness (QED) is 0.822. The van der Waals surface area contributed by atoms with E-state index < -0.39 is 0 Å². The van der Waals surface area contributed by atoms with Crippen LogP contribution in [-0.4, -0.2) is 20.3 Å². The Morgan fingerprint density at radius 2 is 2.04 bits per heavy atom. The molecule has 6 heteroatoms. The summed E-state index contributed by atoms with van der Waals surface area (Å²) in [6.45, 7) is 4.22. The third-order valence-electron chi connectivity index (χ3n) is 6.31. The molecule has 2 N–H and O–H groups in total. The van der Waals surface area contributed by atoms with Gasteiger partial charge in [-0.1, -0.05) is 13.8 Å². The average molecular weight is 378 g/mol. The number of rotatable bonds is 1. The second-order valence-electron chi connectivity index (χ2n) is 9.09. The molecule has 1 aliphatic heterocycles. The molecular formula is C22H26N4O2. The molecule has 0 amide bonds. The lowest BCUT2D eigenvalue weighted by atomic mass is 9.71. The van der Waals surface area contributed by atoms with Crippen molar-refractivity contribution in [2.24, 2.45) is 12.5 Å². The van der Waals surface area contributed by atoms with E-state index in [4.69, 9.17) is 15.5 Å². The number of nitrogens with two attached hydrogens (primary N) is 1. The number of pyridine rings is 1. The molecule has 6 nitrogen and oxygen atoms in total. The number of anilines is 1. The van der Waals surface area contributed by atoms with Crippen LogP contribution in [0.3, 0.4) is 0 Å². The summed E-state index contributed by atoms with van der Waals surface area (Å²) >= 11 is 0. The monoisotopic (exact) mass is 378 g/mol. The summed E-state index contributed by atoms with van der Waals surface area (Å²) in [7, 11) is 1.96. The molecule has 0 radical (unpaired) electrons. The smallest absolute Gasteiger partial charge is 0.225 e. The Bertz CT molecular complexity index is 1030. The van der Waals surface area contributed by atoms with Crippen LogP contribution in [0, 0.1) is 5.41 Å². The normalized spacial score (nSPS) is 23.0. The van der Waals surface area contributed by atoms with E-state index in [0.717, 1.165) is 59.8 Å². The number of allylic oxidation sites excluding steroid dienone is 2. The molecule has 0 saturated heterocycles. The standard InChI is InChI=1S/C22H26N4O2/c1-22(2)10-14(27)16-15(11-22)28-21-18(17(16)20-24-8-9-26(20)3)19(23)12-6-4-5-7-13(12)25-21/h8-9,17H,4-7,10-11H2,1-3H3,(H2,23,25). The molecule has 1 unspecified atom stereocenters. The third-order valence-corrected chi connectivity index (χ3v) is 6.31. The topological polar surface area (TPSA) is 83.0 Å². The zero-order valence-electron chi connectivity index (χ0n) is 16.7. The fourth-order valence-electron chi connectivity index (χ4n) is 4.99. The molecule has 0 fully saturated rings. The summed E-state index contributed by atoms with van der Waals surface area (Å²) in [5.74, 6) is 1.93. The number of hydrogen-bond acceptors (Lipinski definition) is 5. The van der Waals surface area contributed by atoms with Gasteiger partial charge in [-0.25, -0.2) is 9.97 Å². The van der Waals surface area contributed by atoms with Crippen LogP contribution in [0.15, 0.2) is 23.7 Å². The van der Waals surface area contributed by atoms with Crippen LogP contribution >= 0.6 is 0 Å². The van der Waals surface area contributed by atoms with E-state index in [1.165, 1.54) is 0 Å². The van der Waals surface area contributed by atoms with Crippen LogP contribution < -0.4 is 10.5 Å². The lowest BCUT2D eigenvalue weighted by Crippen LogP contribution is -2.34. The molecule has 3 heterocycles. The Labute approximate surface area is 164 Å². The van der Waals surface area contributed by atoms with Gasteiger partial charge < -0.3 is 15.0 Å². The van der Waals surface area contributed by atoms with Gasteiger partial charge in [-0.05, 0) is 36.7 Å². The number of ketones is 1. The van der Waals surface area contributed by atoms with Crippen LogP contribution in [0.4, 0.5) is 5.69 Å². The van der Waals surface area contributed by atoms with Gasteiger partial charge in [0.2, 0.25) is 5.88 Å². The molecule has 3 aliphatic rings. The molecule has 0 bridgehead atoms. The number of aryl methyl sites for hydroxylation is 2. The minimum Gasteiger partial charge on any atom is -0.443 e. The number of carbonyl (C=O) groups is 1. The van der Waals surface area contributed by atoms with Crippen molar-refractivity contribution < 1.29 is 9.53 Å². The highest BCUT2D eigenvalue weighted by molar-refractivity contribution is 6.00. The van der Waals surface area contributed by atoms with E-state index in [2.05, 4.69) is 18.8 Å². The molecule has 2 aliphatic carbocycles. The summed E-state index contributed by atoms with van der Waals surface area (Å²) < 4.78 is 8.26. The summed E-state index contributed by atoms with van der Waals surface area (Å²) in [4.78, 5) is 22.7. The SMILES string of the molecule is Cn1ccnc1C1C2=C(CC(C)(C)CC2=O)Oc2nc3c(c(N)c21)CCCC3. The molecule has 0 aromatic carbocycles. The predicted octanol–water partition coefficient (Wildman–Crippen LogP) is 3.44. The molecule has 146 valence electrons. The zero-order chi connectivity index (χ0) is 19.6. The second kappa shape index (κ2) is 5.93. The van der Waals surface area contributed by atoms with Crippen LogP contribution in [0.5, 0.6) is 5.88 Å². The summed E-state index contributed by atoms with van der Waals surface area (Å²) in [6, 6.07) is 0. The largest absolute Gasteiger partial charge is 0.443 e. The maximum Gasteiger partial charge on any atom is 0.225 e. The average Bonchev–Trinajstić information content (AvgIpc) is 3.05. The number of imidazole rings is 1. The van der Waals surface area contributed by atoms with E-state index in [1.54, 1.807) is 6.20 Å². The van der Waals surface area contributed by atoms with Gasteiger partial charge >= 0.3 is 0 Å². The van der Waals surface area contributed by atoms with E-state index in [9.17, 15) is 4.79 Å². The Hall–Kier alpha value is -2.63. The van der Waals surface area contributed by atoms with Gasteiger partial charge in [0.25, 0.3) is 0 Å². The molecule has 0 spiro atoms. The second-order valence-corrected chi connectivity index (χ2v) is 9.09. The Kier molecular flexibility index (Phi) is 3.70. The highest BCUT2D eigenvalue weighted by Gasteiger charge is 2.45. The molecule has 28 heavy (non-hydrogen) atoms. The van der Waals surface area contributed by atoms with Crippen molar-refractivity contribution in [2.75, 3.05) is 5.73 Å². The molecule has 5 rings (SSSR count). The number of ether oxygens (including phenoxy) is 1. The predicted molar refractivity (Wildman–Crippen MR) is 106 cm³/mol. The summed E-state index contributed by atoms with van der Waals surface area (Å²) in [6.07, 6.45) is 9.00. The Morgan fingerprint density at radius 1 is 1.25 bits per heavy atom. The summed E-state index contributed by atoms with van der Waals surface area (Å²) in [5.41, 5.74) is 11.0. The highest BCUT2D eigenvalue weighted by Crippen LogP contribution is 2.51. The van der Waals surface area contributed by atoms with Crippen molar-refractivity contribution in [3.8, 4) is 5.88 Å². The van der Waals surface area contributed by atoms with Crippen LogP contribution in [0.1, 0.15) is 68.1 Å². The van der Waals surface area contributed by atoms with E-state index in [1.807, 2.05) is 17.8 Å². The van der Waals surface area contributed by atoms with Gasteiger partial charge in [0.1, 0.15) is 11.6 Å². The van der Waals surface area contributed by atoms with Gasteiger partial charge in [-0.3, -0.25) is 4.79 Å². The van der Waals surface area contributed by atoms with Gasteiger partial charge in [0, 0.05) is 49.2 Å². The number of nitrogen functional groups attached to an aromatic ring is 1. The zero-order valence-corrected chi connectivity index (χ0v) is 16.7. The van der Waals surface area contributed by atoms with Crippen LogP contribution in [0.2, 0.25) is 0 Å². The highest BCUT2D eigenvalue weighted by atomic mass is 16.5. The molecule has 2 aromatic heterocycles. The fraction of sp³-hybridized carbons (Fsp3) is 0.500. The Balaban J connectivity index is 1.78. The first-order valence-electron chi connectivity index (χ1n) is 10.1. The van der Waals surface area contributed by atoms with E-state index in [-0.39, 0.29) is 17.1 Å². The molecule has 1 atom stereocenters. The molecule has 2 aromatic rings. The molecule has 0 saturated carbocycles. The maximum absolute atomic E-state index is 13.2. The van der Waals surface area contributed by atoms with Gasteiger partial charge in [0.15, 0.2) is 5.78 Å². The third kappa shape index (κ3) is 2.50. The number of fused-ring (bicyclic) bond motifs is 2. The minimum atomic E-state index is -0.318. The first kappa shape index (κ1) is 17.5. The van der Waals surface area contributed by atoms with Gasteiger partial charge in [0.05, 0.1) is 11.5 Å². The van der Waals surface area contributed by atoms with Crippen LogP contribution in [0.25, 0.3) is 0 Å².